The van der Waals surface area contributed by atoms with Gasteiger partial charge in [0.1, 0.15) is 60.0 Å². The van der Waals surface area contributed by atoms with E-state index in [1.54, 1.807) is 55.4 Å². The summed E-state index contributed by atoms with van der Waals surface area (Å²) >= 11 is 0. The van der Waals surface area contributed by atoms with Crippen LogP contribution in [0.5, 0.6) is 0 Å². The largest absolute Gasteiger partial charge is 0.459 e. The second-order valence-electron chi connectivity index (χ2n) is 15.4. The SMILES string of the molecule is CCC1(CC)O[C@H]2[C@H](O[C@H]([C@H]3O[C@@H](n4ccc(=O)[nH]c4=O)[C@@H]4OC(C)(C)O[C@H]34)[C@H](N)C(=O)OC(C)(C)C)O[C@H](CNC(=O)OC(C)(C)C)[C@H]2O1. The Morgan fingerprint density at radius 2 is 1.56 bits per heavy atom. The number of esters is 1. The number of hydrogen-bond acceptors (Lipinski definition) is 14. The van der Waals surface area contributed by atoms with Gasteiger partial charge in [0, 0.05) is 18.8 Å². The molecule has 17 heteroatoms. The Labute approximate surface area is 290 Å². The van der Waals surface area contributed by atoms with Crippen LogP contribution in [0, 0.1) is 0 Å². The maximum absolute atomic E-state index is 13.6. The van der Waals surface area contributed by atoms with Crippen LogP contribution in [0.4, 0.5) is 4.79 Å². The Balaban J connectivity index is 1.48. The number of aromatic amines is 1. The summed E-state index contributed by atoms with van der Waals surface area (Å²) in [6.45, 7) is 17.6. The molecule has 10 atom stereocenters. The van der Waals surface area contributed by atoms with Crippen molar-refractivity contribution in [2.75, 3.05) is 6.54 Å². The quantitative estimate of drug-likeness (QED) is 0.294. The van der Waals surface area contributed by atoms with Crippen molar-refractivity contribution in [1.82, 2.24) is 14.9 Å². The summed E-state index contributed by atoms with van der Waals surface area (Å²) in [5.74, 6) is -2.87. The van der Waals surface area contributed by atoms with Crippen LogP contribution in [0.15, 0.2) is 21.9 Å². The summed E-state index contributed by atoms with van der Waals surface area (Å²) in [5.41, 5.74) is 3.71. The van der Waals surface area contributed by atoms with Crippen molar-refractivity contribution < 1.29 is 52.2 Å². The zero-order valence-corrected chi connectivity index (χ0v) is 30.4. The van der Waals surface area contributed by atoms with E-state index in [1.165, 1.54) is 16.8 Å². The second kappa shape index (κ2) is 13.9. The van der Waals surface area contributed by atoms with Crippen LogP contribution in [0.2, 0.25) is 0 Å². The van der Waals surface area contributed by atoms with E-state index in [0.717, 1.165) is 0 Å². The average molecular weight is 713 g/mol. The first-order valence-electron chi connectivity index (χ1n) is 17.1. The Bertz CT molecular complexity index is 1510. The highest BCUT2D eigenvalue weighted by atomic mass is 16.8. The molecule has 1 amide bonds. The average Bonchev–Trinajstić information content (AvgIpc) is 3.71. The molecule has 4 aliphatic heterocycles. The molecule has 282 valence electrons. The number of nitrogens with one attached hydrogen (secondary N) is 2. The molecule has 5 rings (SSSR count). The molecule has 4 aliphatic rings. The standard InChI is InChI=1S/C33H52N4O13/c1-11-33(12-2)47-19-16(15-35-29(41)50-31(6,7)8)42-27(24(19)48-33)44-20(18(34)26(39)49-30(3,4)5)21-22-23(46-32(9,10)45-22)25(43-21)37-14-13-17(38)36-28(37)40/h13-14,16,18-25,27H,11-12,15,34H2,1-10H3,(H,35,41)(H,36,38,40)/t16-,18+,19-,20+,21-,22-,23-,24-,25-,27+/m1/s1. The Hall–Kier alpha value is -2.90. The number of nitrogens with zero attached hydrogens (tertiary/aromatic N) is 1. The normalized spacial score (nSPS) is 32.6. The van der Waals surface area contributed by atoms with Gasteiger partial charge in [-0.2, -0.15) is 0 Å². The molecule has 0 radical (unpaired) electrons. The summed E-state index contributed by atoms with van der Waals surface area (Å²) in [6.07, 6.45) is -7.04. The van der Waals surface area contributed by atoms with Crippen LogP contribution in [-0.4, -0.2) is 106 Å². The highest BCUT2D eigenvalue weighted by Crippen LogP contribution is 2.47. The molecule has 4 fully saturated rings. The number of ether oxygens (including phenoxy) is 9. The highest BCUT2D eigenvalue weighted by molar-refractivity contribution is 5.77. The predicted octanol–water partition coefficient (Wildman–Crippen LogP) is 1.56. The number of fused-ring (bicyclic) bond motifs is 2. The Morgan fingerprint density at radius 3 is 2.16 bits per heavy atom. The smallest absolute Gasteiger partial charge is 0.407 e. The topological polar surface area (TPSA) is 210 Å². The molecule has 17 nitrogen and oxygen atoms in total. The molecule has 5 heterocycles. The van der Waals surface area contributed by atoms with Crippen molar-refractivity contribution >= 4 is 12.1 Å². The number of carbonyl (C=O) groups is 2. The number of carbonyl (C=O) groups excluding carboxylic acids is 2. The van der Waals surface area contributed by atoms with Crippen LogP contribution in [0.25, 0.3) is 0 Å². The van der Waals surface area contributed by atoms with Gasteiger partial charge in [0.25, 0.3) is 5.56 Å². The van der Waals surface area contributed by atoms with Gasteiger partial charge in [-0.3, -0.25) is 19.1 Å². The third kappa shape index (κ3) is 8.25. The number of nitrogens with two attached hydrogens (primary N) is 1. The van der Waals surface area contributed by atoms with Gasteiger partial charge in [0.2, 0.25) is 0 Å². The van der Waals surface area contributed by atoms with E-state index in [4.69, 9.17) is 48.4 Å². The lowest BCUT2D eigenvalue weighted by molar-refractivity contribution is -0.275. The van der Waals surface area contributed by atoms with E-state index >= 15 is 0 Å². The van der Waals surface area contributed by atoms with Crippen molar-refractivity contribution in [1.29, 1.82) is 0 Å². The van der Waals surface area contributed by atoms with Gasteiger partial charge in [-0.15, -0.1) is 0 Å². The predicted molar refractivity (Wildman–Crippen MR) is 174 cm³/mol. The number of alkyl carbamates (subject to hydrolysis) is 1. The first-order valence-corrected chi connectivity index (χ1v) is 17.1. The minimum atomic E-state index is -1.45. The van der Waals surface area contributed by atoms with Crippen LogP contribution in [0.1, 0.15) is 88.3 Å². The third-order valence-corrected chi connectivity index (χ3v) is 8.73. The zero-order valence-electron chi connectivity index (χ0n) is 30.4. The summed E-state index contributed by atoms with van der Waals surface area (Å²) < 4.78 is 57.0. The fourth-order valence-corrected chi connectivity index (χ4v) is 6.59. The van der Waals surface area contributed by atoms with Crippen molar-refractivity contribution in [3.63, 3.8) is 0 Å². The summed E-state index contributed by atoms with van der Waals surface area (Å²) in [6, 6.07) is -0.277. The van der Waals surface area contributed by atoms with Crippen molar-refractivity contribution in [3.8, 4) is 0 Å². The van der Waals surface area contributed by atoms with E-state index < -0.39 is 107 Å². The number of aromatic nitrogens is 2. The molecule has 0 aliphatic carbocycles. The molecular weight excluding hydrogens is 660 g/mol. The minimum absolute atomic E-state index is 0.00143. The minimum Gasteiger partial charge on any atom is -0.459 e. The van der Waals surface area contributed by atoms with Gasteiger partial charge < -0.3 is 53.7 Å². The molecule has 1 aromatic heterocycles. The lowest BCUT2D eigenvalue weighted by Gasteiger charge is -2.35. The zero-order chi connectivity index (χ0) is 37.0. The van der Waals surface area contributed by atoms with Gasteiger partial charge in [0.15, 0.2) is 24.1 Å². The summed E-state index contributed by atoms with van der Waals surface area (Å²) in [4.78, 5) is 53.1. The van der Waals surface area contributed by atoms with Crippen LogP contribution >= 0.6 is 0 Å². The maximum atomic E-state index is 13.6. The molecule has 4 saturated heterocycles. The van der Waals surface area contributed by atoms with Gasteiger partial charge >= 0.3 is 17.8 Å². The number of amides is 1. The first kappa shape index (κ1) is 38.3. The van der Waals surface area contributed by atoms with E-state index in [2.05, 4.69) is 10.3 Å². The molecule has 1 aromatic rings. The monoisotopic (exact) mass is 712 g/mol. The van der Waals surface area contributed by atoms with Gasteiger partial charge in [-0.05, 0) is 68.2 Å². The summed E-state index contributed by atoms with van der Waals surface area (Å²) in [7, 11) is 0. The lowest BCUT2D eigenvalue weighted by atomic mass is 9.99. The van der Waals surface area contributed by atoms with Crippen molar-refractivity contribution in [2.45, 2.75) is 166 Å². The molecule has 0 aromatic carbocycles. The molecule has 0 saturated carbocycles. The fraction of sp³-hybridized carbons (Fsp3) is 0.818. The first-order chi connectivity index (χ1) is 23.1. The number of rotatable bonds is 10. The third-order valence-electron chi connectivity index (χ3n) is 8.73. The maximum Gasteiger partial charge on any atom is 0.407 e. The van der Waals surface area contributed by atoms with Crippen molar-refractivity contribution in [2.24, 2.45) is 5.73 Å². The van der Waals surface area contributed by atoms with Gasteiger partial charge in [-0.25, -0.2) is 9.59 Å². The molecular formula is C33H52N4O13. The van der Waals surface area contributed by atoms with E-state index in [1.807, 2.05) is 13.8 Å². The van der Waals surface area contributed by atoms with E-state index in [0.29, 0.717) is 12.8 Å². The van der Waals surface area contributed by atoms with Gasteiger partial charge in [0.05, 0.1) is 0 Å². The molecule has 0 bridgehead atoms. The van der Waals surface area contributed by atoms with Crippen LogP contribution < -0.4 is 22.3 Å². The highest BCUT2D eigenvalue weighted by Gasteiger charge is 2.63. The molecule has 0 unspecified atom stereocenters. The molecule has 4 N–H and O–H groups in total. The van der Waals surface area contributed by atoms with Crippen LogP contribution in [-0.2, 0) is 47.4 Å². The van der Waals surface area contributed by atoms with Gasteiger partial charge in [-0.1, -0.05) is 13.8 Å². The van der Waals surface area contributed by atoms with E-state index in [-0.39, 0.29) is 6.54 Å². The molecule has 50 heavy (non-hydrogen) atoms. The Morgan fingerprint density at radius 1 is 0.940 bits per heavy atom. The Kier molecular flexibility index (Phi) is 10.7. The fourth-order valence-electron chi connectivity index (χ4n) is 6.59. The number of H-pyrrole nitrogens is 1. The summed E-state index contributed by atoms with van der Waals surface area (Å²) in [5, 5.41) is 2.73. The van der Waals surface area contributed by atoms with Crippen LogP contribution in [0.3, 0.4) is 0 Å². The lowest BCUT2D eigenvalue weighted by Crippen LogP contribution is -2.56. The van der Waals surface area contributed by atoms with Crippen molar-refractivity contribution in [3.05, 3.63) is 33.1 Å². The number of hydrogen-bond donors (Lipinski definition) is 3. The molecule has 0 spiro atoms. The second-order valence-corrected chi connectivity index (χ2v) is 15.4. The van der Waals surface area contributed by atoms with E-state index in [9.17, 15) is 19.2 Å².